The lowest BCUT2D eigenvalue weighted by Gasteiger charge is -2.32. The molecule has 1 N–H and O–H groups in total. The molecule has 0 aromatic carbocycles. The Morgan fingerprint density at radius 3 is 2.93 bits per heavy atom. The highest BCUT2D eigenvalue weighted by molar-refractivity contribution is 4.76. The number of hydrogen-bond acceptors (Lipinski definition) is 3. The SMILES string of the molecule is COC(C)CNCC1CCCCN1C. The van der Waals surface area contributed by atoms with E-state index in [0.717, 1.165) is 19.1 Å². The summed E-state index contributed by atoms with van der Waals surface area (Å²) in [6.45, 7) is 5.41. The van der Waals surface area contributed by atoms with E-state index < -0.39 is 0 Å². The lowest BCUT2D eigenvalue weighted by atomic mass is 10.0. The summed E-state index contributed by atoms with van der Waals surface area (Å²) < 4.78 is 5.19. The highest BCUT2D eigenvalue weighted by Gasteiger charge is 2.18. The first-order valence-corrected chi connectivity index (χ1v) is 5.67. The topological polar surface area (TPSA) is 24.5 Å². The summed E-state index contributed by atoms with van der Waals surface area (Å²) >= 11 is 0. The number of methoxy groups -OCH3 is 1. The molecule has 1 rings (SSSR count). The van der Waals surface area contributed by atoms with Crippen LogP contribution in [0.1, 0.15) is 26.2 Å². The molecule has 0 aliphatic carbocycles. The summed E-state index contributed by atoms with van der Waals surface area (Å²) in [5.41, 5.74) is 0. The number of likely N-dealkylation sites (tertiary alicyclic amines) is 1. The minimum absolute atomic E-state index is 0.323. The van der Waals surface area contributed by atoms with Crippen LogP contribution in [-0.4, -0.2) is 50.8 Å². The number of piperidine rings is 1. The van der Waals surface area contributed by atoms with E-state index in [4.69, 9.17) is 4.74 Å². The van der Waals surface area contributed by atoms with E-state index in [9.17, 15) is 0 Å². The summed E-state index contributed by atoms with van der Waals surface area (Å²) in [6, 6.07) is 0.729. The van der Waals surface area contributed by atoms with Gasteiger partial charge in [-0.25, -0.2) is 0 Å². The van der Waals surface area contributed by atoms with Crippen molar-refractivity contribution in [3.63, 3.8) is 0 Å². The fraction of sp³-hybridized carbons (Fsp3) is 1.00. The van der Waals surface area contributed by atoms with Gasteiger partial charge in [0.2, 0.25) is 0 Å². The minimum Gasteiger partial charge on any atom is -0.380 e. The average molecular weight is 200 g/mol. The van der Waals surface area contributed by atoms with Crippen LogP contribution in [0.4, 0.5) is 0 Å². The third-order valence-corrected chi connectivity index (χ3v) is 3.14. The smallest absolute Gasteiger partial charge is 0.0667 e. The number of rotatable bonds is 5. The van der Waals surface area contributed by atoms with Crippen molar-refractivity contribution < 1.29 is 4.74 Å². The quantitative estimate of drug-likeness (QED) is 0.719. The van der Waals surface area contributed by atoms with Gasteiger partial charge in [0.1, 0.15) is 0 Å². The van der Waals surface area contributed by atoms with Crippen molar-refractivity contribution in [2.24, 2.45) is 0 Å². The van der Waals surface area contributed by atoms with Crippen molar-refractivity contribution in [1.29, 1.82) is 0 Å². The maximum absolute atomic E-state index is 5.19. The molecular formula is C11H24N2O. The lowest BCUT2D eigenvalue weighted by Crippen LogP contribution is -2.44. The van der Waals surface area contributed by atoms with Crippen LogP contribution in [0.15, 0.2) is 0 Å². The van der Waals surface area contributed by atoms with Gasteiger partial charge < -0.3 is 15.0 Å². The van der Waals surface area contributed by atoms with Gasteiger partial charge in [-0.3, -0.25) is 0 Å². The first kappa shape index (κ1) is 12.0. The Hall–Kier alpha value is -0.120. The zero-order chi connectivity index (χ0) is 10.4. The maximum atomic E-state index is 5.19. The van der Waals surface area contributed by atoms with E-state index >= 15 is 0 Å². The molecule has 3 nitrogen and oxygen atoms in total. The molecule has 0 bridgehead atoms. The van der Waals surface area contributed by atoms with E-state index in [1.54, 1.807) is 7.11 Å². The molecule has 0 spiro atoms. The molecule has 1 saturated heterocycles. The van der Waals surface area contributed by atoms with Crippen molar-refractivity contribution >= 4 is 0 Å². The van der Waals surface area contributed by atoms with Crippen LogP contribution in [0, 0.1) is 0 Å². The summed E-state index contributed by atoms with van der Waals surface area (Å²) in [5.74, 6) is 0. The summed E-state index contributed by atoms with van der Waals surface area (Å²) in [7, 11) is 3.99. The van der Waals surface area contributed by atoms with E-state index in [2.05, 4.69) is 24.2 Å². The number of nitrogens with zero attached hydrogens (tertiary/aromatic N) is 1. The van der Waals surface area contributed by atoms with E-state index in [0.29, 0.717) is 6.10 Å². The van der Waals surface area contributed by atoms with Gasteiger partial charge in [-0.15, -0.1) is 0 Å². The van der Waals surface area contributed by atoms with Crippen LogP contribution in [0.25, 0.3) is 0 Å². The second-order valence-corrected chi connectivity index (χ2v) is 4.33. The van der Waals surface area contributed by atoms with Crippen LogP contribution >= 0.6 is 0 Å². The Labute approximate surface area is 87.8 Å². The molecule has 0 aromatic rings. The van der Waals surface area contributed by atoms with Crippen LogP contribution in [0.2, 0.25) is 0 Å². The molecule has 84 valence electrons. The molecule has 1 heterocycles. The third-order valence-electron chi connectivity index (χ3n) is 3.14. The fourth-order valence-corrected chi connectivity index (χ4v) is 1.94. The van der Waals surface area contributed by atoms with Crippen LogP contribution < -0.4 is 5.32 Å². The molecular weight excluding hydrogens is 176 g/mol. The number of hydrogen-bond donors (Lipinski definition) is 1. The highest BCUT2D eigenvalue weighted by Crippen LogP contribution is 2.13. The Balaban J connectivity index is 2.10. The minimum atomic E-state index is 0.323. The molecule has 0 amide bonds. The zero-order valence-corrected chi connectivity index (χ0v) is 9.75. The predicted molar refractivity (Wildman–Crippen MR) is 59.6 cm³/mol. The van der Waals surface area contributed by atoms with E-state index in [1.807, 2.05) is 0 Å². The molecule has 2 atom stereocenters. The Kier molecular flexibility index (Phi) is 5.45. The second kappa shape index (κ2) is 6.38. The van der Waals surface area contributed by atoms with Gasteiger partial charge in [-0.1, -0.05) is 6.42 Å². The van der Waals surface area contributed by atoms with Crippen LogP contribution in [0.5, 0.6) is 0 Å². The first-order chi connectivity index (χ1) is 6.74. The summed E-state index contributed by atoms with van der Waals surface area (Å²) in [6.07, 6.45) is 4.41. The molecule has 1 aliphatic rings. The molecule has 14 heavy (non-hydrogen) atoms. The highest BCUT2D eigenvalue weighted by atomic mass is 16.5. The van der Waals surface area contributed by atoms with Gasteiger partial charge in [-0.2, -0.15) is 0 Å². The summed E-state index contributed by atoms with van der Waals surface area (Å²) in [4.78, 5) is 2.47. The monoisotopic (exact) mass is 200 g/mol. The van der Waals surface area contributed by atoms with Crippen molar-refractivity contribution in [3.8, 4) is 0 Å². The second-order valence-electron chi connectivity index (χ2n) is 4.33. The fourth-order valence-electron chi connectivity index (χ4n) is 1.94. The Morgan fingerprint density at radius 1 is 1.50 bits per heavy atom. The predicted octanol–water partition coefficient (Wildman–Crippen LogP) is 1.10. The van der Waals surface area contributed by atoms with Crippen LogP contribution in [-0.2, 0) is 4.74 Å². The van der Waals surface area contributed by atoms with Gasteiger partial charge in [0.05, 0.1) is 6.10 Å². The number of nitrogens with one attached hydrogen (secondary N) is 1. The van der Waals surface area contributed by atoms with Gasteiger partial charge in [0, 0.05) is 26.2 Å². The molecule has 2 unspecified atom stereocenters. The van der Waals surface area contributed by atoms with Crippen LogP contribution in [0.3, 0.4) is 0 Å². The van der Waals surface area contributed by atoms with E-state index in [1.165, 1.54) is 25.8 Å². The van der Waals surface area contributed by atoms with Gasteiger partial charge in [0.15, 0.2) is 0 Å². The zero-order valence-electron chi connectivity index (χ0n) is 9.75. The van der Waals surface area contributed by atoms with Crippen molar-refractivity contribution in [1.82, 2.24) is 10.2 Å². The molecule has 1 fully saturated rings. The maximum Gasteiger partial charge on any atom is 0.0667 e. The Morgan fingerprint density at radius 2 is 2.29 bits per heavy atom. The van der Waals surface area contributed by atoms with Gasteiger partial charge in [0.25, 0.3) is 0 Å². The Bertz CT molecular complexity index is 152. The molecule has 3 heteroatoms. The molecule has 0 aromatic heterocycles. The molecule has 1 aliphatic heterocycles. The normalized spacial score (nSPS) is 26.4. The number of ether oxygens (including phenoxy) is 1. The van der Waals surface area contributed by atoms with Gasteiger partial charge in [-0.05, 0) is 33.4 Å². The standard InChI is InChI=1S/C11H24N2O/c1-10(14-3)8-12-9-11-6-4-5-7-13(11)2/h10-12H,4-9H2,1-3H3. The largest absolute Gasteiger partial charge is 0.380 e. The third kappa shape index (κ3) is 3.95. The molecule has 0 radical (unpaired) electrons. The van der Waals surface area contributed by atoms with Crippen molar-refractivity contribution in [3.05, 3.63) is 0 Å². The van der Waals surface area contributed by atoms with Crippen molar-refractivity contribution in [2.75, 3.05) is 33.8 Å². The first-order valence-electron chi connectivity index (χ1n) is 5.67. The lowest BCUT2D eigenvalue weighted by molar-refractivity contribution is 0.111. The van der Waals surface area contributed by atoms with Gasteiger partial charge >= 0.3 is 0 Å². The van der Waals surface area contributed by atoms with E-state index in [-0.39, 0.29) is 0 Å². The molecule has 0 saturated carbocycles. The number of likely N-dealkylation sites (N-methyl/N-ethyl adjacent to an activating group) is 1. The van der Waals surface area contributed by atoms with Crippen molar-refractivity contribution in [2.45, 2.75) is 38.3 Å². The summed E-state index contributed by atoms with van der Waals surface area (Å²) in [5, 5.41) is 3.47. The average Bonchev–Trinajstić information content (AvgIpc) is 2.20.